The number of aliphatic imine (C=N–C) groups is 1. The van der Waals surface area contributed by atoms with E-state index in [0.717, 1.165) is 17.0 Å². The van der Waals surface area contributed by atoms with Crippen molar-refractivity contribution >= 4 is 23.3 Å². The highest BCUT2D eigenvalue weighted by molar-refractivity contribution is 7.03. The molecular formula is C10H6N3OS. The van der Waals surface area contributed by atoms with Crippen molar-refractivity contribution in [3.05, 3.63) is 41.4 Å². The van der Waals surface area contributed by atoms with Crippen LogP contribution in [0.3, 0.4) is 0 Å². The van der Waals surface area contributed by atoms with Crippen molar-refractivity contribution in [2.24, 2.45) is 4.99 Å². The number of hydrogen-bond donors (Lipinski definition) is 0. The van der Waals surface area contributed by atoms with Crippen molar-refractivity contribution in [2.75, 3.05) is 0 Å². The van der Waals surface area contributed by atoms with E-state index in [1.54, 1.807) is 12.5 Å². The molecule has 5 heteroatoms. The van der Waals surface area contributed by atoms with E-state index in [0.29, 0.717) is 0 Å². The second kappa shape index (κ2) is 3.43. The summed E-state index contributed by atoms with van der Waals surface area (Å²) in [6.45, 7) is 0. The molecule has 3 heterocycles. The average molecular weight is 216 g/mol. The van der Waals surface area contributed by atoms with Crippen molar-refractivity contribution in [2.45, 2.75) is 5.92 Å². The van der Waals surface area contributed by atoms with Crippen LogP contribution in [-0.4, -0.2) is 15.7 Å². The smallest absolute Gasteiger partial charge is 0.124 e. The van der Waals surface area contributed by atoms with Crippen LogP contribution in [0.4, 0.5) is 0 Å². The van der Waals surface area contributed by atoms with Gasteiger partial charge in [-0.2, -0.15) is 4.37 Å². The first-order chi connectivity index (χ1) is 7.45. The summed E-state index contributed by atoms with van der Waals surface area (Å²) in [5.74, 6) is -0.0126. The molecule has 0 aromatic carbocycles. The van der Waals surface area contributed by atoms with Crippen LogP contribution in [0.25, 0.3) is 5.57 Å². The van der Waals surface area contributed by atoms with Gasteiger partial charge in [0.05, 0.1) is 17.8 Å². The van der Waals surface area contributed by atoms with Gasteiger partial charge < -0.3 is 4.52 Å². The van der Waals surface area contributed by atoms with Gasteiger partial charge in [-0.1, -0.05) is 5.16 Å². The van der Waals surface area contributed by atoms with Crippen LogP contribution in [0.1, 0.15) is 17.3 Å². The van der Waals surface area contributed by atoms with Crippen LogP contribution >= 0.6 is 11.5 Å². The summed E-state index contributed by atoms with van der Waals surface area (Å²) < 4.78 is 9.09. The van der Waals surface area contributed by atoms with E-state index in [9.17, 15) is 0 Å². The Hall–Kier alpha value is -1.75. The van der Waals surface area contributed by atoms with Crippen molar-refractivity contribution in [3.63, 3.8) is 0 Å². The molecule has 1 aliphatic rings. The molecule has 1 unspecified atom stereocenters. The summed E-state index contributed by atoms with van der Waals surface area (Å²) >= 11 is 1.42. The molecule has 0 saturated carbocycles. The van der Waals surface area contributed by atoms with E-state index in [1.165, 1.54) is 11.5 Å². The van der Waals surface area contributed by atoms with Crippen LogP contribution in [0.15, 0.2) is 39.5 Å². The lowest BCUT2D eigenvalue weighted by atomic mass is 9.97. The third-order valence-electron chi connectivity index (χ3n) is 2.21. The van der Waals surface area contributed by atoms with Gasteiger partial charge in [0.1, 0.15) is 12.0 Å². The molecule has 15 heavy (non-hydrogen) atoms. The normalized spacial score (nSPS) is 19.5. The summed E-state index contributed by atoms with van der Waals surface area (Å²) in [5.41, 5.74) is 2.73. The maximum Gasteiger partial charge on any atom is 0.124 e. The quantitative estimate of drug-likeness (QED) is 0.773. The molecule has 0 spiro atoms. The van der Waals surface area contributed by atoms with Crippen LogP contribution < -0.4 is 0 Å². The number of hydrogen-bond acceptors (Lipinski definition) is 5. The molecule has 73 valence electrons. The minimum atomic E-state index is -0.0126. The topological polar surface area (TPSA) is 51.3 Å². The van der Waals surface area contributed by atoms with E-state index in [-0.39, 0.29) is 5.92 Å². The molecule has 4 nitrogen and oxygen atoms in total. The highest BCUT2D eigenvalue weighted by atomic mass is 32.1. The Bertz CT molecular complexity index is 499. The van der Waals surface area contributed by atoms with E-state index < -0.39 is 0 Å². The number of allylic oxidation sites excluding steroid dienone is 1. The molecule has 0 saturated heterocycles. The van der Waals surface area contributed by atoms with Crippen molar-refractivity contribution in [1.82, 2.24) is 9.53 Å². The van der Waals surface area contributed by atoms with Gasteiger partial charge in [0.2, 0.25) is 0 Å². The van der Waals surface area contributed by atoms with E-state index in [1.807, 2.05) is 17.5 Å². The molecule has 1 aliphatic heterocycles. The second-order valence-electron chi connectivity index (χ2n) is 3.08. The van der Waals surface area contributed by atoms with Gasteiger partial charge in [0, 0.05) is 23.2 Å². The monoisotopic (exact) mass is 216 g/mol. The lowest BCUT2D eigenvalue weighted by molar-refractivity contribution is 0.417. The first-order valence-electron chi connectivity index (χ1n) is 4.41. The van der Waals surface area contributed by atoms with E-state index in [4.69, 9.17) is 4.52 Å². The molecular weight excluding hydrogens is 210 g/mol. The Labute approximate surface area is 90.1 Å². The molecule has 0 amide bonds. The summed E-state index contributed by atoms with van der Waals surface area (Å²) in [5, 5.41) is 5.83. The zero-order valence-corrected chi connectivity index (χ0v) is 8.44. The fraction of sp³-hybridized carbons (Fsp3) is 0.100. The highest BCUT2D eigenvalue weighted by Crippen LogP contribution is 2.32. The lowest BCUT2D eigenvalue weighted by Crippen LogP contribution is -2.00. The van der Waals surface area contributed by atoms with Crippen LogP contribution in [0.2, 0.25) is 0 Å². The summed E-state index contributed by atoms with van der Waals surface area (Å²) in [7, 11) is 0. The SMILES string of the molecule is [C]1=NC=C(c2ccon2)C1c1ccsn1. The first-order valence-corrected chi connectivity index (χ1v) is 5.25. The predicted molar refractivity (Wildman–Crippen MR) is 56.8 cm³/mol. The average Bonchev–Trinajstić information content (AvgIpc) is 3.01. The highest BCUT2D eigenvalue weighted by Gasteiger charge is 2.23. The van der Waals surface area contributed by atoms with Gasteiger partial charge in [-0.05, 0) is 17.6 Å². The largest absolute Gasteiger partial charge is 0.364 e. The van der Waals surface area contributed by atoms with E-state index in [2.05, 4.69) is 20.7 Å². The fourth-order valence-corrected chi connectivity index (χ4v) is 2.05. The third-order valence-corrected chi connectivity index (χ3v) is 2.78. The summed E-state index contributed by atoms with van der Waals surface area (Å²) in [6.07, 6.45) is 6.29. The second-order valence-corrected chi connectivity index (χ2v) is 3.75. The molecule has 3 rings (SSSR count). The molecule has 1 radical (unpaired) electrons. The Morgan fingerprint density at radius 2 is 2.40 bits per heavy atom. The van der Waals surface area contributed by atoms with Gasteiger partial charge >= 0.3 is 0 Å². The maximum absolute atomic E-state index is 4.81. The Morgan fingerprint density at radius 1 is 1.40 bits per heavy atom. The Balaban J connectivity index is 1.99. The molecule has 0 fully saturated rings. The number of nitrogens with zero attached hydrogens (tertiary/aromatic N) is 3. The first kappa shape index (κ1) is 8.55. The Morgan fingerprint density at radius 3 is 3.13 bits per heavy atom. The molecule has 0 bridgehead atoms. The summed E-state index contributed by atoms with van der Waals surface area (Å²) in [6, 6.07) is 3.78. The van der Waals surface area contributed by atoms with E-state index >= 15 is 0 Å². The minimum absolute atomic E-state index is 0.0126. The number of aromatic nitrogens is 2. The molecule has 0 N–H and O–H groups in total. The number of rotatable bonds is 2. The zero-order valence-electron chi connectivity index (χ0n) is 7.62. The van der Waals surface area contributed by atoms with Gasteiger partial charge in [-0.15, -0.1) is 0 Å². The molecule has 1 atom stereocenters. The van der Waals surface area contributed by atoms with Crippen molar-refractivity contribution in [1.29, 1.82) is 0 Å². The van der Waals surface area contributed by atoms with Crippen LogP contribution in [-0.2, 0) is 0 Å². The zero-order chi connectivity index (χ0) is 10.1. The molecule has 0 aliphatic carbocycles. The molecule has 2 aromatic heterocycles. The third kappa shape index (κ3) is 1.41. The fourth-order valence-electron chi connectivity index (χ4n) is 1.50. The minimum Gasteiger partial charge on any atom is -0.364 e. The van der Waals surface area contributed by atoms with Gasteiger partial charge in [0.25, 0.3) is 0 Å². The van der Waals surface area contributed by atoms with Crippen LogP contribution in [0, 0.1) is 0 Å². The van der Waals surface area contributed by atoms with Gasteiger partial charge in [-0.25, -0.2) is 0 Å². The molecule has 2 aromatic rings. The van der Waals surface area contributed by atoms with Crippen LogP contribution in [0.5, 0.6) is 0 Å². The Kier molecular flexibility index (Phi) is 1.96. The van der Waals surface area contributed by atoms with Gasteiger partial charge in [0.15, 0.2) is 0 Å². The standard InChI is InChI=1S/C10H6N3OS/c1-3-14-12-9(1)7-5-11-6-8(7)10-2-4-15-13-10/h1-5,8H. The maximum atomic E-state index is 4.81. The van der Waals surface area contributed by atoms with Crippen molar-refractivity contribution < 1.29 is 4.52 Å². The summed E-state index contributed by atoms with van der Waals surface area (Å²) in [4.78, 5) is 4.03. The lowest BCUT2D eigenvalue weighted by Gasteiger charge is -2.05. The predicted octanol–water partition coefficient (Wildman–Crippen LogP) is 2.22. The van der Waals surface area contributed by atoms with Crippen molar-refractivity contribution in [3.8, 4) is 0 Å². The van der Waals surface area contributed by atoms with Gasteiger partial charge in [-0.3, -0.25) is 4.99 Å².